The quantitative estimate of drug-likeness (QED) is 0.697. The molecule has 1 heterocycles. The summed E-state index contributed by atoms with van der Waals surface area (Å²) in [6.45, 7) is 4.47. The number of rotatable bonds is 6. The minimum Gasteiger partial charge on any atom is -0.352 e. The Hall–Kier alpha value is -2.88. The predicted molar refractivity (Wildman–Crippen MR) is 100 cm³/mol. The molecule has 0 aliphatic rings. The van der Waals surface area contributed by atoms with Crippen LogP contribution in [-0.2, 0) is 6.42 Å². The molecule has 0 spiro atoms. The maximum atomic E-state index is 12.6. The van der Waals surface area contributed by atoms with Gasteiger partial charge in [-0.05, 0) is 44.4 Å². The number of carbonyl (C=O) groups is 1. The van der Waals surface area contributed by atoms with Gasteiger partial charge in [-0.15, -0.1) is 0 Å². The molecule has 0 aliphatic heterocycles. The van der Waals surface area contributed by atoms with Crippen molar-refractivity contribution in [2.45, 2.75) is 26.7 Å². The van der Waals surface area contributed by atoms with E-state index in [4.69, 9.17) is 0 Å². The van der Waals surface area contributed by atoms with E-state index >= 15 is 0 Å². The second kappa shape index (κ2) is 7.79. The molecular formula is C21H23N3O. The van der Waals surface area contributed by atoms with Crippen LogP contribution < -0.4 is 5.32 Å². The Morgan fingerprint density at radius 2 is 1.64 bits per heavy atom. The van der Waals surface area contributed by atoms with Crippen molar-refractivity contribution in [2.75, 3.05) is 6.54 Å². The monoisotopic (exact) mass is 333 g/mol. The van der Waals surface area contributed by atoms with E-state index in [9.17, 15) is 4.79 Å². The van der Waals surface area contributed by atoms with E-state index in [2.05, 4.69) is 22.5 Å². The van der Waals surface area contributed by atoms with E-state index in [1.165, 1.54) is 5.56 Å². The second-order valence-corrected chi connectivity index (χ2v) is 6.14. The summed E-state index contributed by atoms with van der Waals surface area (Å²) in [4.78, 5) is 12.6. The van der Waals surface area contributed by atoms with Gasteiger partial charge >= 0.3 is 0 Å². The molecular weight excluding hydrogens is 310 g/mol. The minimum absolute atomic E-state index is 0.0507. The first-order valence-electron chi connectivity index (χ1n) is 8.60. The van der Waals surface area contributed by atoms with Crippen LogP contribution in [0.15, 0.2) is 60.7 Å². The van der Waals surface area contributed by atoms with Gasteiger partial charge in [-0.3, -0.25) is 4.79 Å². The van der Waals surface area contributed by atoms with Crippen LogP contribution in [0.4, 0.5) is 0 Å². The number of carbonyl (C=O) groups excluding carboxylic acids is 1. The lowest BCUT2D eigenvalue weighted by Crippen LogP contribution is -2.25. The first-order valence-corrected chi connectivity index (χ1v) is 8.60. The van der Waals surface area contributed by atoms with E-state index in [0.29, 0.717) is 12.1 Å². The van der Waals surface area contributed by atoms with E-state index < -0.39 is 0 Å². The fourth-order valence-corrected chi connectivity index (χ4v) is 3.02. The Morgan fingerprint density at radius 1 is 1.00 bits per heavy atom. The topological polar surface area (TPSA) is 46.9 Å². The number of hydrogen-bond donors (Lipinski definition) is 1. The molecule has 0 saturated heterocycles. The molecule has 3 rings (SSSR count). The van der Waals surface area contributed by atoms with Gasteiger partial charge in [-0.25, -0.2) is 4.68 Å². The number of nitrogens with zero attached hydrogens (tertiary/aromatic N) is 2. The van der Waals surface area contributed by atoms with Crippen LogP contribution >= 0.6 is 0 Å². The lowest BCUT2D eigenvalue weighted by atomic mass is 10.1. The van der Waals surface area contributed by atoms with Gasteiger partial charge in [0.25, 0.3) is 5.91 Å². The second-order valence-electron chi connectivity index (χ2n) is 6.14. The first kappa shape index (κ1) is 17.0. The summed E-state index contributed by atoms with van der Waals surface area (Å²) in [7, 11) is 0. The van der Waals surface area contributed by atoms with Gasteiger partial charge in [0.05, 0.1) is 22.6 Å². The Morgan fingerprint density at radius 3 is 2.32 bits per heavy atom. The minimum atomic E-state index is -0.0507. The smallest absolute Gasteiger partial charge is 0.255 e. The molecule has 0 unspecified atom stereocenters. The molecule has 3 aromatic rings. The van der Waals surface area contributed by atoms with Crippen molar-refractivity contribution in [1.29, 1.82) is 0 Å². The van der Waals surface area contributed by atoms with E-state index in [-0.39, 0.29) is 5.91 Å². The van der Waals surface area contributed by atoms with Crippen LogP contribution in [0.25, 0.3) is 5.69 Å². The Kier molecular flexibility index (Phi) is 5.29. The molecule has 0 aliphatic carbocycles. The number of aryl methyl sites for hydroxylation is 2. The lowest BCUT2D eigenvalue weighted by molar-refractivity contribution is 0.0952. The Balaban J connectivity index is 1.63. The van der Waals surface area contributed by atoms with Crippen molar-refractivity contribution in [1.82, 2.24) is 15.1 Å². The van der Waals surface area contributed by atoms with Crippen molar-refractivity contribution in [3.05, 3.63) is 83.2 Å². The maximum absolute atomic E-state index is 12.6. The van der Waals surface area contributed by atoms with Gasteiger partial charge in [0.2, 0.25) is 0 Å². The highest BCUT2D eigenvalue weighted by atomic mass is 16.1. The molecule has 4 nitrogen and oxygen atoms in total. The summed E-state index contributed by atoms with van der Waals surface area (Å²) >= 11 is 0. The maximum Gasteiger partial charge on any atom is 0.255 e. The summed E-state index contributed by atoms with van der Waals surface area (Å²) in [5.41, 5.74) is 4.54. The molecule has 25 heavy (non-hydrogen) atoms. The van der Waals surface area contributed by atoms with Crippen molar-refractivity contribution in [3.63, 3.8) is 0 Å². The molecule has 0 bridgehead atoms. The molecule has 0 fully saturated rings. The van der Waals surface area contributed by atoms with Crippen molar-refractivity contribution in [3.8, 4) is 5.69 Å². The van der Waals surface area contributed by atoms with Gasteiger partial charge in [0, 0.05) is 6.54 Å². The van der Waals surface area contributed by atoms with Gasteiger partial charge in [-0.2, -0.15) is 5.10 Å². The summed E-state index contributed by atoms with van der Waals surface area (Å²) in [6, 6.07) is 20.2. The normalized spacial score (nSPS) is 10.6. The fourth-order valence-electron chi connectivity index (χ4n) is 3.02. The molecule has 128 valence electrons. The van der Waals surface area contributed by atoms with Crippen LogP contribution in [0.1, 0.15) is 33.7 Å². The van der Waals surface area contributed by atoms with Crippen molar-refractivity contribution < 1.29 is 4.79 Å². The standard InChI is InChI=1S/C21H23N3O/c1-16-20(17(2)24(23-16)19-13-7-4-8-14-19)21(25)22-15-9-12-18-10-5-3-6-11-18/h3-8,10-11,13-14H,9,12,15H2,1-2H3,(H,22,25). The zero-order valence-corrected chi connectivity index (χ0v) is 14.7. The highest BCUT2D eigenvalue weighted by Gasteiger charge is 2.18. The van der Waals surface area contributed by atoms with Gasteiger partial charge < -0.3 is 5.32 Å². The molecule has 0 radical (unpaired) electrons. The van der Waals surface area contributed by atoms with Gasteiger partial charge in [0.15, 0.2) is 0 Å². The molecule has 1 N–H and O–H groups in total. The van der Waals surface area contributed by atoms with Crippen molar-refractivity contribution in [2.24, 2.45) is 0 Å². The van der Waals surface area contributed by atoms with Gasteiger partial charge in [-0.1, -0.05) is 48.5 Å². The predicted octanol–water partition coefficient (Wildman–Crippen LogP) is 3.85. The number of aromatic nitrogens is 2. The van der Waals surface area contributed by atoms with Crippen LogP contribution in [-0.4, -0.2) is 22.2 Å². The summed E-state index contributed by atoms with van der Waals surface area (Å²) in [5.74, 6) is -0.0507. The largest absolute Gasteiger partial charge is 0.352 e. The molecule has 4 heteroatoms. The van der Waals surface area contributed by atoms with Crippen molar-refractivity contribution >= 4 is 5.91 Å². The number of benzene rings is 2. The van der Waals surface area contributed by atoms with Crippen LogP contribution in [0.2, 0.25) is 0 Å². The van der Waals surface area contributed by atoms with Gasteiger partial charge in [0.1, 0.15) is 0 Å². The average molecular weight is 333 g/mol. The molecule has 1 aromatic heterocycles. The van der Waals surface area contributed by atoms with Crippen LogP contribution in [0, 0.1) is 13.8 Å². The van der Waals surface area contributed by atoms with Crippen LogP contribution in [0.5, 0.6) is 0 Å². The summed E-state index contributed by atoms with van der Waals surface area (Å²) in [6.07, 6.45) is 1.88. The third kappa shape index (κ3) is 3.97. The molecule has 1 amide bonds. The number of hydrogen-bond acceptors (Lipinski definition) is 2. The highest BCUT2D eigenvalue weighted by Crippen LogP contribution is 2.17. The third-order valence-corrected chi connectivity index (χ3v) is 4.29. The Labute approximate surface area is 148 Å². The van der Waals surface area contributed by atoms with E-state index in [0.717, 1.165) is 29.9 Å². The molecule has 0 atom stereocenters. The zero-order chi connectivity index (χ0) is 17.6. The first-order chi connectivity index (χ1) is 12.2. The van der Waals surface area contributed by atoms with E-state index in [1.54, 1.807) is 0 Å². The molecule has 0 saturated carbocycles. The summed E-state index contributed by atoms with van der Waals surface area (Å²) in [5, 5.41) is 7.56. The van der Waals surface area contributed by atoms with Crippen LogP contribution in [0.3, 0.4) is 0 Å². The number of para-hydroxylation sites is 1. The fraction of sp³-hybridized carbons (Fsp3) is 0.238. The molecule has 2 aromatic carbocycles. The number of nitrogens with one attached hydrogen (secondary N) is 1. The number of amides is 1. The van der Waals surface area contributed by atoms with E-state index in [1.807, 2.05) is 67.1 Å². The third-order valence-electron chi connectivity index (χ3n) is 4.29. The SMILES string of the molecule is Cc1nn(-c2ccccc2)c(C)c1C(=O)NCCCc1ccccc1. The zero-order valence-electron chi connectivity index (χ0n) is 14.7. The average Bonchev–Trinajstić information content (AvgIpc) is 2.94. The lowest BCUT2D eigenvalue weighted by Gasteiger charge is -2.07. The summed E-state index contributed by atoms with van der Waals surface area (Å²) < 4.78 is 1.83. The highest BCUT2D eigenvalue weighted by molar-refractivity contribution is 5.96. The Bertz CT molecular complexity index is 838.